The molecule has 316 valence electrons. The van der Waals surface area contributed by atoms with E-state index in [-0.39, 0.29) is 0 Å². The van der Waals surface area contributed by atoms with Gasteiger partial charge in [0.15, 0.2) is 13.0 Å². The van der Waals surface area contributed by atoms with Gasteiger partial charge >= 0.3 is 0 Å². The minimum Gasteiger partial charge on any atom is -0.455 e. The minimum atomic E-state index is -3.13. The molecule has 12 aromatic rings. The van der Waals surface area contributed by atoms with Crippen LogP contribution in [0.2, 0.25) is 0 Å². The first kappa shape index (κ1) is 40.1. The van der Waals surface area contributed by atoms with Crippen LogP contribution in [0.1, 0.15) is 0 Å². The van der Waals surface area contributed by atoms with Crippen molar-refractivity contribution in [1.82, 2.24) is 9.97 Å². The summed E-state index contributed by atoms with van der Waals surface area (Å²) in [5.41, 5.74) is 12.9. The zero-order chi connectivity index (χ0) is 44.7. The molecule has 0 atom stereocenters. The topological polar surface area (TPSA) is 56.0 Å². The Balaban J connectivity index is 0.953. The van der Waals surface area contributed by atoms with Crippen molar-refractivity contribution in [3.8, 4) is 67.3 Å². The maximum absolute atomic E-state index is 15.2. The first-order valence-corrected chi connectivity index (χ1v) is 24.2. The lowest BCUT2D eigenvalue weighted by atomic mass is 9.93. The fourth-order valence-corrected chi connectivity index (χ4v) is 12.1. The fourth-order valence-electron chi connectivity index (χ4n) is 9.47. The number of furan rings is 1. The summed E-state index contributed by atoms with van der Waals surface area (Å²) in [5.74, 6) is 0.678. The second kappa shape index (κ2) is 16.8. The van der Waals surface area contributed by atoms with Crippen LogP contribution >= 0.6 is 7.14 Å². The van der Waals surface area contributed by atoms with Gasteiger partial charge in [0.05, 0.1) is 11.4 Å². The maximum Gasteiger partial charge on any atom is 0.171 e. The predicted octanol–water partition coefficient (Wildman–Crippen LogP) is 15.2. The Labute approximate surface area is 388 Å². The average Bonchev–Trinajstić information content (AvgIpc) is 3.81. The molecule has 0 bridgehead atoms. The summed E-state index contributed by atoms with van der Waals surface area (Å²) in [5, 5.41) is 6.66. The zero-order valence-corrected chi connectivity index (χ0v) is 37.2. The second-order valence-electron chi connectivity index (χ2n) is 16.8. The lowest BCUT2D eigenvalue weighted by Gasteiger charge is -2.20. The van der Waals surface area contributed by atoms with Crippen LogP contribution in [0.4, 0.5) is 0 Å². The summed E-state index contributed by atoms with van der Waals surface area (Å²) >= 11 is 0. The first-order chi connectivity index (χ1) is 33.1. The fraction of sp³-hybridized carbons (Fsp3) is 0. The van der Waals surface area contributed by atoms with E-state index in [0.717, 1.165) is 110 Å². The van der Waals surface area contributed by atoms with Crippen molar-refractivity contribution in [3.05, 3.63) is 249 Å². The number of aromatic nitrogens is 2. The quantitative estimate of drug-likeness (QED) is 0.136. The number of hydrogen-bond acceptors (Lipinski definition) is 4. The van der Waals surface area contributed by atoms with E-state index in [2.05, 4.69) is 146 Å². The molecule has 0 radical (unpaired) electrons. The van der Waals surface area contributed by atoms with Crippen LogP contribution in [-0.2, 0) is 4.57 Å². The molecule has 4 nitrogen and oxygen atoms in total. The Morgan fingerprint density at radius 3 is 1.49 bits per heavy atom. The summed E-state index contributed by atoms with van der Waals surface area (Å²) < 4.78 is 22.0. The molecule has 5 heteroatoms. The summed E-state index contributed by atoms with van der Waals surface area (Å²) in [4.78, 5) is 10.3. The van der Waals surface area contributed by atoms with Crippen LogP contribution in [0.3, 0.4) is 0 Å². The largest absolute Gasteiger partial charge is 0.455 e. The van der Waals surface area contributed by atoms with E-state index < -0.39 is 7.14 Å². The van der Waals surface area contributed by atoms with Crippen LogP contribution in [-0.4, -0.2) is 9.97 Å². The Kier molecular flexibility index (Phi) is 10.1. The maximum atomic E-state index is 15.2. The molecular formula is C62H41N2O2P. The lowest BCUT2D eigenvalue weighted by Crippen LogP contribution is -2.24. The van der Waals surface area contributed by atoms with E-state index in [1.165, 1.54) is 0 Å². The van der Waals surface area contributed by atoms with Crippen LogP contribution < -0.4 is 15.9 Å². The van der Waals surface area contributed by atoms with Gasteiger partial charge in [0.1, 0.15) is 11.2 Å². The predicted molar refractivity (Wildman–Crippen MR) is 279 cm³/mol. The van der Waals surface area contributed by atoms with Crippen molar-refractivity contribution in [1.29, 1.82) is 0 Å². The normalized spacial score (nSPS) is 11.6. The average molecular weight is 877 g/mol. The van der Waals surface area contributed by atoms with Crippen LogP contribution in [0.25, 0.3) is 100.0 Å². The molecule has 0 fully saturated rings. The molecule has 0 spiro atoms. The van der Waals surface area contributed by atoms with Crippen LogP contribution in [0.15, 0.2) is 253 Å². The number of rotatable bonds is 9. The monoisotopic (exact) mass is 876 g/mol. The third-order valence-electron chi connectivity index (χ3n) is 12.8. The van der Waals surface area contributed by atoms with Crippen molar-refractivity contribution < 1.29 is 8.98 Å². The Morgan fingerprint density at radius 1 is 0.328 bits per heavy atom. The van der Waals surface area contributed by atoms with E-state index in [0.29, 0.717) is 5.82 Å². The van der Waals surface area contributed by atoms with Gasteiger partial charge in [0, 0.05) is 48.8 Å². The minimum absolute atomic E-state index is 0.678. The van der Waals surface area contributed by atoms with E-state index >= 15 is 4.57 Å². The third-order valence-corrected chi connectivity index (χ3v) is 15.9. The SMILES string of the molecule is O=P(c1ccccc1)(c1ccccc1)c1ccc(-c2cccc3oc4c5ccccc5c(-c5ccc(-c6cc(-c7cccc(-c8ccccc8)c7)nc(-c7ccccc7)n6)cc5)cc4c23)cc1. The van der Waals surface area contributed by atoms with Gasteiger partial charge in [-0.2, -0.15) is 0 Å². The van der Waals surface area contributed by atoms with E-state index in [9.17, 15) is 0 Å². The number of nitrogens with zero attached hydrogens (tertiary/aromatic N) is 2. The molecule has 0 aliphatic rings. The zero-order valence-electron chi connectivity index (χ0n) is 36.3. The summed E-state index contributed by atoms with van der Waals surface area (Å²) in [7, 11) is -3.13. The van der Waals surface area contributed by atoms with Gasteiger partial charge in [-0.15, -0.1) is 0 Å². The molecule has 0 aliphatic heterocycles. The van der Waals surface area contributed by atoms with Crippen LogP contribution in [0, 0.1) is 0 Å². The Hall–Kier alpha value is -8.43. The summed E-state index contributed by atoms with van der Waals surface area (Å²) in [6.07, 6.45) is 0. The molecule has 2 heterocycles. The van der Waals surface area contributed by atoms with Gasteiger partial charge < -0.3 is 8.98 Å². The number of fused-ring (bicyclic) bond motifs is 5. The van der Waals surface area contributed by atoms with Crippen molar-refractivity contribution in [3.63, 3.8) is 0 Å². The van der Waals surface area contributed by atoms with Gasteiger partial charge in [0.25, 0.3) is 0 Å². The molecular weight excluding hydrogens is 836 g/mol. The van der Waals surface area contributed by atoms with Gasteiger partial charge in [-0.25, -0.2) is 9.97 Å². The standard InChI is InChI=1S/C62H41N2O2P/c65-67(49-23-9-3-10-24-49,50-25-11-4-12-26-50)51-37-35-43(36-38-51)52-29-16-30-59-60(52)56-40-55(53-27-13-14-28-54(53)61(56)66-59)44-31-33-45(34-32-44)57-41-58(64-62(63-57)46-19-7-2-8-20-46)48-22-15-21-47(39-48)42-17-5-1-6-18-42/h1-41H. The summed E-state index contributed by atoms with van der Waals surface area (Å²) in [6.45, 7) is 0. The molecule has 0 saturated carbocycles. The number of hydrogen-bond donors (Lipinski definition) is 0. The molecule has 0 N–H and O–H groups in total. The molecule has 0 aliphatic carbocycles. The highest BCUT2D eigenvalue weighted by atomic mass is 31.2. The van der Waals surface area contributed by atoms with E-state index in [1.54, 1.807) is 0 Å². The van der Waals surface area contributed by atoms with Crippen molar-refractivity contribution in [2.45, 2.75) is 0 Å². The van der Waals surface area contributed by atoms with E-state index in [4.69, 9.17) is 14.4 Å². The summed E-state index contributed by atoms with van der Waals surface area (Å²) in [6, 6.07) is 84.9. The van der Waals surface area contributed by atoms with E-state index in [1.807, 2.05) is 103 Å². The molecule has 10 aromatic carbocycles. The lowest BCUT2D eigenvalue weighted by molar-refractivity contribution is 0.592. The highest BCUT2D eigenvalue weighted by Gasteiger charge is 2.29. The second-order valence-corrected chi connectivity index (χ2v) is 19.6. The molecule has 0 unspecified atom stereocenters. The Morgan fingerprint density at radius 2 is 0.821 bits per heavy atom. The smallest absolute Gasteiger partial charge is 0.171 e. The molecule has 2 aromatic heterocycles. The van der Waals surface area contributed by atoms with Crippen LogP contribution in [0.5, 0.6) is 0 Å². The van der Waals surface area contributed by atoms with Gasteiger partial charge in [-0.1, -0.05) is 224 Å². The molecule has 67 heavy (non-hydrogen) atoms. The van der Waals surface area contributed by atoms with Gasteiger partial charge in [-0.3, -0.25) is 0 Å². The van der Waals surface area contributed by atoms with Gasteiger partial charge in [-0.05, 0) is 63.0 Å². The van der Waals surface area contributed by atoms with Crippen molar-refractivity contribution in [2.24, 2.45) is 0 Å². The molecule has 0 saturated heterocycles. The third kappa shape index (κ3) is 7.25. The highest BCUT2D eigenvalue weighted by molar-refractivity contribution is 7.85. The molecule has 12 rings (SSSR count). The number of benzene rings is 10. The first-order valence-electron chi connectivity index (χ1n) is 22.5. The van der Waals surface area contributed by atoms with Crippen molar-refractivity contribution in [2.75, 3.05) is 0 Å². The molecule has 0 amide bonds. The van der Waals surface area contributed by atoms with Crippen molar-refractivity contribution >= 4 is 55.8 Å². The highest BCUT2D eigenvalue weighted by Crippen LogP contribution is 2.45. The van der Waals surface area contributed by atoms with Gasteiger partial charge in [0.2, 0.25) is 0 Å². The Bertz CT molecular complexity index is 3750.